The number of primary sulfonamides is 1. The molecule has 1 unspecified atom stereocenters. The summed E-state index contributed by atoms with van der Waals surface area (Å²) in [6.07, 6.45) is 4.71. The molecule has 6 heteroatoms. The normalized spacial score (nSPS) is 19.1. The van der Waals surface area contributed by atoms with E-state index >= 15 is 0 Å². The molecule has 0 amide bonds. The molecule has 1 atom stereocenters. The summed E-state index contributed by atoms with van der Waals surface area (Å²) in [5.74, 6) is 0. The van der Waals surface area contributed by atoms with Crippen molar-refractivity contribution < 1.29 is 8.42 Å². The summed E-state index contributed by atoms with van der Waals surface area (Å²) in [5.41, 5.74) is 1.07. The summed E-state index contributed by atoms with van der Waals surface area (Å²) in [7, 11) is -3.60. The third-order valence-corrected chi connectivity index (χ3v) is 6.03. The van der Waals surface area contributed by atoms with Gasteiger partial charge in [-0.3, -0.25) is 0 Å². The van der Waals surface area contributed by atoms with Gasteiger partial charge in [0.1, 0.15) is 0 Å². The third kappa shape index (κ3) is 3.72. The van der Waals surface area contributed by atoms with Crippen LogP contribution in [0.3, 0.4) is 0 Å². The van der Waals surface area contributed by atoms with E-state index in [0.29, 0.717) is 4.75 Å². The molecule has 19 heavy (non-hydrogen) atoms. The zero-order chi connectivity index (χ0) is 14.1. The molecule has 1 aliphatic carbocycles. The zero-order valence-electron chi connectivity index (χ0n) is 11.2. The van der Waals surface area contributed by atoms with Crippen molar-refractivity contribution in [2.24, 2.45) is 5.14 Å². The molecule has 3 N–H and O–H groups in total. The Hall–Kier alpha value is -0.560. The first-order valence-electron chi connectivity index (χ1n) is 6.28. The van der Waals surface area contributed by atoms with E-state index in [-0.39, 0.29) is 10.9 Å². The summed E-state index contributed by atoms with van der Waals surface area (Å²) < 4.78 is 22.8. The van der Waals surface area contributed by atoms with Gasteiger partial charge in [0.25, 0.3) is 0 Å². The third-order valence-electron chi connectivity index (χ3n) is 3.68. The quantitative estimate of drug-likeness (QED) is 0.841. The number of benzene rings is 1. The molecule has 2 rings (SSSR count). The van der Waals surface area contributed by atoms with Gasteiger partial charge < -0.3 is 5.32 Å². The Balaban J connectivity index is 1.98. The Bertz CT molecular complexity index is 536. The monoisotopic (exact) mass is 300 g/mol. The second-order valence-electron chi connectivity index (χ2n) is 5.10. The molecule has 0 heterocycles. The van der Waals surface area contributed by atoms with Crippen LogP contribution in [0.2, 0.25) is 0 Å². The maximum atomic E-state index is 11.2. The minimum absolute atomic E-state index is 0.159. The Labute approximate surface area is 119 Å². The van der Waals surface area contributed by atoms with Gasteiger partial charge in [0, 0.05) is 17.3 Å². The highest BCUT2D eigenvalue weighted by Gasteiger charge is 2.41. The van der Waals surface area contributed by atoms with Crippen LogP contribution in [0.5, 0.6) is 0 Å². The zero-order valence-corrected chi connectivity index (χ0v) is 12.9. The van der Waals surface area contributed by atoms with Crippen LogP contribution in [-0.4, -0.2) is 26.0 Å². The fraction of sp³-hybridized carbons (Fsp3) is 0.538. The van der Waals surface area contributed by atoms with E-state index in [2.05, 4.69) is 18.5 Å². The van der Waals surface area contributed by atoms with Crippen molar-refractivity contribution >= 4 is 21.8 Å². The van der Waals surface area contributed by atoms with Crippen molar-refractivity contribution in [1.29, 1.82) is 0 Å². The summed E-state index contributed by atoms with van der Waals surface area (Å²) in [6.45, 7) is 3.08. The molecule has 0 bridgehead atoms. The lowest BCUT2D eigenvalue weighted by Gasteiger charge is -2.19. The van der Waals surface area contributed by atoms with E-state index in [1.165, 1.54) is 12.8 Å². The molecule has 1 saturated carbocycles. The Morgan fingerprint density at radius 3 is 2.37 bits per heavy atom. The maximum Gasteiger partial charge on any atom is 0.238 e. The molecule has 1 fully saturated rings. The SMILES string of the molecule is CSC1(CNC(C)c2ccc(S(N)(=O)=O)cc2)CC1. The predicted molar refractivity (Wildman–Crippen MR) is 79.7 cm³/mol. The Kier molecular flexibility index (Phi) is 4.25. The molecule has 0 radical (unpaired) electrons. The average Bonchev–Trinajstić information content (AvgIpc) is 3.16. The van der Waals surface area contributed by atoms with E-state index in [1.54, 1.807) is 12.1 Å². The number of sulfonamides is 1. The topological polar surface area (TPSA) is 72.2 Å². The molecule has 0 aliphatic heterocycles. The number of nitrogens with two attached hydrogens (primary N) is 1. The highest BCUT2D eigenvalue weighted by atomic mass is 32.2. The van der Waals surface area contributed by atoms with E-state index < -0.39 is 10.0 Å². The first-order valence-corrected chi connectivity index (χ1v) is 9.05. The summed E-state index contributed by atoms with van der Waals surface area (Å²) in [4.78, 5) is 0.159. The van der Waals surface area contributed by atoms with Crippen molar-refractivity contribution in [3.05, 3.63) is 29.8 Å². The first kappa shape index (κ1) is 14.8. The van der Waals surface area contributed by atoms with Gasteiger partial charge in [-0.15, -0.1) is 0 Å². The van der Waals surface area contributed by atoms with Gasteiger partial charge in [0.2, 0.25) is 10.0 Å². The van der Waals surface area contributed by atoms with Crippen LogP contribution in [0.15, 0.2) is 29.2 Å². The van der Waals surface area contributed by atoms with Crippen molar-refractivity contribution in [2.75, 3.05) is 12.8 Å². The summed E-state index contributed by atoms with van der Waals surface area (Å²) in [5, 5.41) is 8.59. The van der Waals surface area contributed by atoms with Crippen LogP contribution in [0.4, 0.5) is 0 Å². The lowest BCUT2D eigenvalue weighted by Crippen LogP contribution is -2.28. The van der Waals surface area contributed by atoms with Gasteiger partial charge in [0.15, 0.2) is 0 Å². The molecular formula is C13H20N2O2S2. The van der Waals surface area contributed by atoms with Crippen molar-refractivity contribution in [1.82, 2.24) is 5.32 Å². The highest BCUT2D eigenvalue weighted by molar-refractivity contribution is 8.00. The van der Waals surface area contributed by atoms with Gasteiger partial charge in [-0.25, -0.2) is 13.6 Å². The van der Waals surface area contributed by atoms with Crippen molar-refractivity contribution in [3.8, 4) is 0 Å². The van der Waals surface area contributed by atoms with Crippen LogP contribution >= 0.6 is 11.8 Å². The Morgan fingerprint density at radius 1 is 1.37 bits per heavy atom. The van der Waals surface area contributed by atoms with Crippen LogP contribution in [0, 0.1) is 0 Å². The summed E-state index contributed by atoms with van der Waals surface area (Å²) in [6, 6.07) is 6.96. The molecule has 1 aliphatic rings. The largest absolute Gasteiger partial charge is 0.309 e. The van der Waals surface area contributed by atoms with Gasteiger partial charge in [-0.1, -0.05) is 12.1 Å². The molecule has 1 aromatic carbocycles. The summed E-state index contributed by atoms with van der Waals surface area (Å²) >= 11 is 1.92. The molecule has 4 nitrogen and oxygen atoms in total. The molecule has 0 spiro atoms. The maximum absolute atomic E-state index is 11.2. The van der Waals surface area contributed by atoms with Crippen LogP contribution in [0.1, 0.15) is 31.4 Å². The van der Waals surface area contributed by atoms with Gasteiger partial charge in [-0.2, -0.15) is 11.8 Å². The van der Waals surface area contributed by atoms with E-state index in [1.807, 2.05) is 23.9 Å². The second kappa shape index (κ2) is 5.44. The average molecular weight is 300 g/mol. The first-order chi connectivity index (χ1) is 8.86. The second-order valence-corrected chi connectivity index (χ2v) is 7.94. The van der Waals surface area contributed by atoms with Gasteiger partial charge in [0.05, 0.1) is 4.90 Å². The Morgan fingerprint density at radius 2 is 1.95 bits per heavy atom. The lowest BCUT2D eigenvalue weighted by atomic mass is 10.1. The van der Waals surface area contributed by atoms with E-state index in [4.69, 9.17) is 5.14 Å². The standard InChI is InChI=1S/C13H20N2O2S2/c1-10(15-9-13(18-2)7-8-13)11-3-5-12(6-4-11)19(14,16)17/h3-6,10,15H,7-9H2,1-2H3,(H2,14,16,17). The van der Waals surface area contributed by atoms with Crippen LogP contribution in [0.25, 0.3) is 0 Å². The fourth-order valence-corrected chi connectivity index (χ4v) is 3.25. The number of rotatable bonds is 6. The van der Waals surface area contributed by atoms with Crippen LogP contribution < -0.4 is 10.5 Å². The molecule has 0 saturated heterocycles. The molecule has 1 aromatic rings. The number of nitrogens with one attached hydrogen (secondary N) is 1. The molecule has 106 valence electrons. The highest BCUT2D eigenvalue weighted by Crippen LogP contribution is 2.46. The van der Waals surface area contributed by atoms with Crippen molar-refractivity contribution in [3.63, 3.8) is 0 Å². The van der Waals surface area contributed by atoms with E-state index in [0.717, 1.165) is 12.1 Å². The predicted octanol–water partition coefficient (Wildman–Crippen LogP) is 1.88. The molecule has 0 aromatic heterocycles. The number of hydrogen-bond acceptors (Lipinski definition) is 4. The number of thioether (sulfide) groups is 1. The fourth-order valence-electron chi connectivity index (χ4n) is 2.00. The van der Waals surface area contributed by atoms with Crippen molar-refractivity contribution in [2.45, 2.75) is 35.4 Å². The van der Waals surface area contributed by atoms with E-state index in [9.17, 15) is 8.42 Å². The smallest absolute Gasteiger partial charge is 0.238 e. The minimum Gasteiger partial charge on any atom is -0.309 e. The van der Waals surface area contributed by atoms with Gasteiger partial charge >= 0.3 is 0 Å². The van der Waals surface area contributed by atoms with Gasteiger partial charge in [-0.05, 0) is 43.7 Å². The lowest BCUT2D eigenvalue weighted by molar-refractivity contribution is 0.563. The number of hydrogen-bond donors (Lipinski definition) is 2. The minimum atomic E-state index is -3.60. The van der Waals surface area contributed by atoms with Crippen LogP contribution in [-0.2, 0) is 10.0 Å². The molecular weight excluding hydrogens is 280 g/mol.